The Morgan fingerprint density at radius 3 is 1.58 bits per heavy atom. The predicted octanol–water partition coefficient (Wildman–Crippen LogP) is 14.4. The highest BCUT2D eigenvalue weighted by Crippen LogP contribution is 2.45. The SMILES string of the molecule is c1ccc(-c2c3ccccc3c(-c3ccc(-c4ccc5sc6cc7c(ccc8oc9ccccc9c87)cc6c5c4)cc3)c3ccccc23)cc1. The summed E-state index contributed by atoms with van der Waals surface area (Å²) in [6.45, 7) is 0. The minimum absolute atomic E-state index is 0.938. The van der Waals surface area contributed by atoms with Crippen molar-refractivity contribution in [3.8, 4) is 33.4 Å². The number of fused-ring (bicyclic) bond motifs is 10. The van der Waals surface area contributed by atoms with Gasteiger partial charge in [0.15, 0.2) is 0 Å². The Morgan fingerprint density at radius 2 is 0.880 bits per heavy atom. The number of thiophene rings is 1. The van der Waals surface area contributed by atoms with E-state index >= 15 is 0 Å². The fourth-order valence-corrected chi connectivity index (χ4v) is 9.29. The number of para-hydroxylation sites is 1. The fraction of sp³-hybridized carbons (Fsp3) is 0. The lowest BCUT2D eigenvalue weighted by Gasteiger charge is -2.18. The Labute approximate surface area is 292 Å². The van der Waals surface area contributed by atoms with E-state index in [0.29, 0.717) is 0 Å². The Hall–Kier alpha value is -6.22. The van der Waals surface area contributed by atoms with Crippen molar-refractivity contribution in [2.75, 3.05) is 0 Å². The zero-order valence-corrected chi connectivity index (χ0v) is 27.8. The van der Waals surface area contributed by atoms with Crippen molar-refractivity contribution < 1.29 is 4.42 Å². The number of benzene rings is 9. The Morgan fingerprint density at radius 1 is 0.320 bits per heavy atom. The van der Waals surface area contributed by atoms with Gasteiger partial charge < -0.3 is 4.42 Å². The predicted molar refractivity (Wildman–Crippen MR) is 215 cm³/mol. The topological polar surface area (TPSA) is 13.1 Å². The van der Waals surface area contributed by atoms with Crippen molar-refractivity contribution in [2.24, 2.45) is 0 Å². The van der Waals surface area contributed by atoms with Crippen LogP contribution < -0.4 is 0 Å². The third-order valence-corrected chi connectivity index (χ3v) is 11.6. The smallest absolute Gasteiger partial charge is 0.136 e. The molecule has 50 heavy (non-hydrogen) atoms. The van der Waals surface area contributed by atoms with Crippen molar-refractivity contribution in [3.63, 3.8) is 0 Å². The average molecular weight is 653 g/mol. The summed E-state index contributed by atoms with van der Waals surface area (Å²) in [5, 5.41) is 12.6. The van der Waals surface area contributed by atoms with E-state index in [0.717, 1.165) is 11.2 Å². The van der Waals surface area contributed by atoms with Crippen molar-refractivity contribution in [2.45, 2.75) is 0 Å². The van der Waals surface area contributed by atoms with Crippen molar-refractivity contribution in [3.05, 3.63) is 170 Å². The van der Waals surface area contributed by atoms with Gasteiger partial charge in [0.1, 0.15) is 11.2 Å². The largest absolute Gasteiger partial charge is 0.456 e. The second-order valence-corrected chi connectivity index (χ2v) is 14.3. The zero-order chi connectivity index (χ0) is 32.8. The van der Waals surface area contributed by atoms with E-state index in [1.165, 1.54) is 96.6 Å². The van der Waals surface area contributed by atoms with E-state index in [1.54, 1.807) is 0 Å². The Bertz CT molecular complexity index is 3070. The molecule has 0 saturated heterocycles. The van der Waals surface area contributed by atoms with Gasteiger partial charge in [-0.1, -0.05) is 133 Å². The second-order valence-electron chi connectivity index (χ2n) is 13.2. The van der Waals surface area contributed by atoms with Gasteiger partial charge in [-0.15, -0.1) is 11.3 Å². The molecule has 0 aliphatic carbocycles. The molecular weight excluding hydrogens is 625 g/mol. The molecule has 232 valence electrons. The molecule has 0 spiro atoms. The zero-order valence-electron chi connectivity index (χ0n) is 27.0. The van der Waals surface area contributed by atoms with Crippen LogP contribution in [0.1, 0.15) is 0 Å². The first-order valence-electron chi connectivity index (χ1n) is 17.1. The lowest BCUT2D eigenvalue weighted by atomic mass is 9.86. The molecule has 11 rings (SSSR count). The Balaban J connectivity index is 1.05. The van der Waals surface area contributed by atoms with Crippen molar-refractivity contribution >= 4 is 85.8 Å². The van der Waals surface area contributed by atoms with Crippen LogP contribution in [0.5, 0.6) is 0 Å². The standard InChI is InChI=1S/C48H28OS/c1-2-10-30(11-3-1)46-34-12-4-6-14-36(34)47(37-15-7-5-13-35(37)46)31-20-18-29(19-21-31)32-23-25-44-40(26-32)41-27-33-22-24-43-48(39(33)28-45(41)50-44)38-16-8-9-17-42(38)49-43/h1-28H. The van der Waals surface area contributed by atoms with Gasteiger partial charge in [-0.05, 0) is 102 Å². The number of hydrogen-bond acceptors (Lipinski definition) is 2. The van der Waals surface area contributed by atoms with Crippen LogP contribution in [0.15, 0.2) is 174 Å². The van der Waals surface area contributed by atoms with Crippen molar-refractivity contribution in [1.29, 1.82) is 0 Å². The van der Waals surface area contributed by atoms with Gasteiger partial charge in [0.25, 0.3) is 0 Å². The molecule has 0 fully saturated rings. The van der Waals surface area contributed by atoms with Crippen LogP contribution in [-0.2, 0) is 0 Å². The third kappa shape index (κ3) is 4.06. The van der Waals surface area contributed by atoms with Crippen LogP contribution in [0.4, 0.5) is 0 Å². The van der Waals surface area contributed by atoms with Gasteiger partial charge in [0, 0.05) is 30.9 Å². The highest BCUT2D eigenvalue weighted by molar-refractivity contribution is 7.25. The molecule has 11 aromatic rings. The van der Waals surface area contributed by atoms with Crippen LogP contribution in [0.3, 0.4) is 0 Å². The normalized spacial score (nSPS) is 12.0. The molecule has 0 radical (unpaired) electrons. The highest BCUT2D eigenvalue weighted by atomic mass is 32.1. The Kier molecular flexibility index (Phi) is 5.89. The summed E-state index contributed by atoms with van der Waals surface area (Å²) in [7, 11) is 0. The van der Waals surface area contributed by atoms with E-state index < -0.39 is 0 Å². The quantitative estimate of drug-likeness (QED) is 0.173. The molecule has 1 nitrogen and oxygen atoms in total. The maximum Gasteiger partial charge on any atom is 0.136 e. The van der Waals surface area contributed by atoms with Gasteiger partial charge in [0.2, 0.25) is 0 Å². The fourth-order valence-electron chi connectivity index (χ4n) is 8.18. The molecule has 0 N–H and O–H groups in total. The number of rotatable bonds is 3. The van der Waals surface area contributed by atoms with Gasteiger partial charge in [-0.2, -0.15) is 0 Å². The molecule has 0 aliphatic rings. The van der Waals surface area contributed by atoms with Crippen LogP contribution >= 0.6 is 11.3 Å². The van der Waals surface area contributed by atoms with E-state index in [4.69, 9.17) is 4.42 Å². The first-order valence-corrected chi connectivity index (χ1v) is 17.9. The van der Waals surface area contributed by atoms with E-state index in [9.17, 15) is 0 Å². The first-order chi connectivity index (χ1) is 24.8. The minimum atomic E-state index is 0.938. The van der Waals surface area contributed by atoms with Crippen LogP contribution in [0.2, 0.25) is 0 Å². The summed E-state index contributed by atoms with van der Waals surface area (Å²) < 4.78 is 8.81. The molecule has 0 atom stereocenters. The van der Waals surface area contributed by atoms with E-state index in [-0.39, 0.29) is 0 Å². The molecule has 0 saturated carbocycles. The molecule has 0 aliphatic heterocycles. The summed E-state index contributed by atoms with van der Waals surface area (Å²) in [6.07, 6.45) is 0. The van der Waals surface area contributed by atoms with Gasteiger partial charge in [0.05, 0.1) is 0 Å². The molecule has 2 aromatic heterocycles. The summed E-state index contributed by atoms with van der Waals surface area (Å²) in [6, 6.07) is 62.0. The lowest BCUT2D eigenvalue weighted by molar-refractivity contribution is 0.669. The monoisotopic (exact) mass is 652 g/mol. The van der Waals surface area contributed by atoms with Gasteiger partial charge in [-0.3, -0.25) is 0 Å². The highest BCUT2D eigenvalue weighted by Gasteiger charge is 2.17. The van der Waals surface area contributed by atoms with Crippen LogP contribution in [0.25, 0.3) is 108 Å². The maximum atomic E-state index is 6.20. The van der Waals surface area contributed by atoms with E-state index in [1.807, 2.05) is 17.4 Å². The van der Waals surface area contributed by atoms with Crippen molar-refractivity contribution in [1.82, 2.24) is 0 Å². The molecule has 0 bridgehead atoms. The minimum Gasteiger partial charge on any atom is -0.456 e. The number of hydrogen-bond donors (Lipinski definition) is 0. The second kappa shape index (κ2) is 10.6. The molecule has 9 aromatic carbocycles. The first kappa shape index (κ1) is 27.7. The van der Waals surface area contributed by atoms with Gasteiger partial charge in [-0.25, -0.2) is 0 Å². The summed E-state index contributed by atoms with van der Waals surface area (Å²) in [4.78, 5) is 0. The number of furan rings is 1. The maximum absolute atomic E-state index is 6.20. The van der Waals surface area contributed by atoms with Crippen LogP contribution in [-0.4, -0.2) is 0 Å². The molecular formula is C48H28OS. The summed E-state index contributed by atoms with van der Waals surface area (Å²) in [5.41, 5.74) is 9.38. The summed E-state index contributed by atoms with van der Waals surface area (Å²) >= 11 is 1.87. The average Bonchev–Trinajstić information content (AvgIpc) is 3.74. The molecule has 2 heterocycles. The van der Waals surface area contributed by atoms with Gasteiger partial charge >= 0.3 is 0 Å². The van der Waals surface area contributed by atoms with E-state index in [2.05, 4.69) is 164 Å². The lowest BCUT2D eigenvalue weighted by Crippen LogP contribution is -1.90. The third-order valence-electron chi connectivity index (χ3n) is 10.4. The molecule has 0 unspecified atom stereocenters. The van der Waals surface area contributed by atoms with Crippen LogP contribution in [0, 0.1) is 0 Å². The molecule has 0 amide bonds. The summed E-state index contributed by atoms with van der Waals surface area (Å²) in [5.74, 6) is 0. The molecule has 2 heteroatoms.